The van der Waals surface area contributed by atoms with Crippen LogP contribution < -0.4 is 0 Å². The zero-order chi connectivity index (χ0) is 29.9. The summed E-state index contributed by atoms with van der Waals surface area (Å²) in [5, 5.41) is 0. The summed E-state index contributed by atoms with van der Waals surface area (Å²) in [6, 6.07) is 0. The average molecular weight is 541 g/mol. The standard InChI is InChI=1S/C9H18.C8H16.C7H14.C6H12.4C2H6/c1-2-9-7-5-3-4-6-8-9;1-2-8-6-4-3-5-7-8;1-2-7-5-3-4-6-7;1-2-6-4-3-5-6;4*1-2/h9H,2-8H2,1H3;8H,2-7H2,1H3;7H,2-6H2,1H3;6H,2-5H2,1H3;4*1-2H3. The van der Waals surface area contributed by atoms with Crippen molar-refractivity contribution >= 4 is 0 Å². The van der Waals surface area contributed by atoms with Gasteiger partial charge in [-0.1, -0.05) is 224 Å². The van der Waals surface area contributed by atoms with E-state index in [4.69, 9.17) is 0 Å². The molecule has 0 aromatic carbocycles. The predicted octanol–water partition coefficient (Wildman–Crippen LogP) is 15.2. The fourth-order valence-corrected chi connectivity index (χ4v) is 5.69. The van der Waals surface area contributed by atoms with Gasteiger partial charge in [0, 0.05) is 0 Å². The third-order valence-electron chi connectivity index (χ3n) is 8.71. The highest BCUT2D eigenvalue weighted by Crippen LogP contribution is 2.28. The maximum Gasteiger partial charge on any atom is -0.0417 e. The summed E-state index contributed by atoms with van der Waals surface area (Å²) in [5.41, 5.74) is 0. The van der Waals surface area contributed by atoms with E-state index in [0.717, 1.165) is 23.7 Å². The molecule has 0 heteroatoms. The summed E-state index contributed by atoms with van der Waals surface area (Å²) in [6.07, 6.45) is 32.7. The van der Waals surface area contributed by atoms with Crippen molar-refractivity contribution in [3.8, 4) is 0 Å². The molecule has 0 bridgehead atoms. The molecule has 0 unspecified atom stereocenters. The Bertz CT molecular complexity index is 319. The first-order valence-corrected chi connectivity index (χ1v) is 18.7. The van der Waals surface area contributed by atoms with Crippen LogP contribution in [0.1, 0.15) is 224 Å². The Labute approximate surface area is 247 Å². The van der Waals surface area contributed by atoms with Crippen molar-refractivity contribution in [1.29, 1.82) is 0 Å². The second kappa shape index (κ2) is 41.5. The van der Waals surface area contributed by atoms with Gasteiger partial charge in [0.05, 0.1) is 0 Å². The van der Waals surface area contributed by atoms with Crippen molar-refractivity contribution in [2.45, 2.75) is 224 Å². The van der Waals surface area contributed by atoms with Crippen LogP contribution in [0.5, 0.6) is 0 Å². The summed E-state index contributed by atoms with van der Waals surface area (Å²) in [6.45, 7) is 25.2. The lowest BCUT2D eigenvalue weighted by Gasteiger charge is -2.22. The van der Waals surface area contributed by atoms with E-state index in [9.17, 15) is 0 Å². The molecule has 0 atom stereocenters. The highest BCUT2D eigenvalue weighted by atomic mass is 14.2. The molecule has 38 heavy (non-hydrogen) atoms. The maximum atomic E-state index is 2.33. The van der Waals surface area contributed by atoms with Gasteiger partial charge >= 0.3 is 0 Å². The fourth-order valence-electron chi connectivity index (χ4n) is 5.69. The highest BCUT2D eigenvalue weighted by molar-refractivity contribution is 4.66. The smallest absolute Gasteiger partial charge is 0.0417 e. The number of hydrogen-bond acceptors (Lipinski definition) is 0. The van der Waals surface area contributed by atoms with Crippen LogP contribution in [0, 0.1) is 23.7 Å². The molecule has 0 aromatic heterocycles. The Morgan fingerprint density at radius 2 is 0.421 bits per heavy atom. The monoisotopic (exact) mass is 541 g/mol. The highest BCUT2D eigenvalue weighted by Gasteiger charge is 2.13. The molecule has 0 saturated heterocycles. The molecule has 4 aliphatic carbocycles. The summed E-state index contributed by atoms with van der Waals surface area (Å²) in [7, 11) is 0. The SMILES string of the molecule is CC.CC.CC.CC.CCC1CCC1.CCC1CCCC1.CCC1CCCCC1.CCC1CCCCCC1. The van der Waals surface area contributed by atoms with Crippen LogP contribution >= 0.6 is 0 Å². The van der Waals surface area contributed by atoms with Gasteiger partial charge < -0.3 is 0 Å². The molecule has 236 valence electrons. The first-order chi connectivity index (χ1) is 18.7. The quantitative estimate of drug-likeness (QED) is 0.311. The molecular weight excluding hydrogens is 456 g/mol. The third-order valence-corrected chi connectivity index (χ3v) is 8.71. The van der Waals surface area contributed by atoms with Crippen molar-refractivity contribution in [3.63, 3.8) is 0 Å². The molecule has 4 rings (SSSR count). The lowest BCUT2D eigenvalue weighted by molar-refractivity contribution is 0.307. The minimum atomic E-state index is 1.08. The van der Waals surface area contributed by atoms with Crippen LogP contribution in [-0.4, -0.2) is 0 Å². The maximum absolute atomic E-state index is 2.33. The summed E-state index contributed by atoms with van der Waals surface area (Å²) in [5.74, 6) is 4.38. The molecule has 4 fully saturated rings. The van der Waals surface area contributed by atoms with Crippen LogP contribution in [0.25, 0.3) is 0 Å². The molecule has 0 heterocycles. The minimum absolute atomic E-state index is 1.08. The Hall–Kier alpha value is 0. The second-order valence-electron chi connectivity index (χ2n) is 10.9. The van der Waals surface area contributed by atoms with Crippen molar-refractivity contribution in [2.75, 3.05) is 0 Å². The molecule has 0 spiro atoms. The van der Waals surface area contributed by atoms with Gasteiger partial charge in [-0.15, -0.1) is 0 Å². The average Bonchev–Trinajstić information content (AvgIpc) is 3.40. The first-order valence-electron chi connectivity index (χ1n) is 18.7. The Morgan fingerprint density at radius 3 is 0.579 bits per heavy atom. The van der Waals surface area contributed by atoms with Gasteiger partial charge in [-0.05, 0) is 23.7 Å². The van der Waals surface area contributed by atoms with Crippen LogP contribution in [0.15, 0.2) is 0 Å². The molecule has 4 saturated carbocycles. The summed E-state index contributed by atoms with van der Waals surface area (Å²) in [4.78, 5) is 0. The number of hydrogen-bond donors (Lipinski definition) is 0. The Morgan fingerprint density at radius 1 is 0.263 bits per heavy atom. The van der Waals surface area contributed by atoms with E-state index in [1.807, 2.05) is 55.4 Å². The summed E-state index contributed by atoms with van der Waals surface area (Å²) >= 11 is 0. The van der Waals surface area contributed by atoms with Crippen molar-refractivity contribution in [3.05, 3.63) is 0 Å². The first kappa shape index (κ1) is 45.0. The second-order valence-corrected chi connectivity index (χ2v) is 10.9. The van der Waals surface area contributed by atoms with Gasteiger partial charge in [-0.2, -0.15) is 0 Å². The molecular formula is C38H84. The van der Waals surface area contributed by atoms with E-state index in [-0.39, 0.29) is 0 Å². The zero-order valence-electron chi connectivity index (χ0n) is 29.9. The third kappa shape index (κ3) is 30.5. The van der Waals surface area contributed by atoms with Gasteiger partial charge in [0.25, 0.3) is 0 Å². The summed E-state index contributed by atoms with van der Waals surface area (Å²) < 4.78 is 0. The molecule has 0 nitrogen and oxygen atoms in total. The van der Waals surface area contributed by atoms with E-state index < -0.39 is 0 Å². The van der Waals surface area contributed by atoms with E-state index in [2.05, 4.69) is 27.7 Å². The molecule has 0 amide bonds. The normalized spacial score (nSPS) is 19.3. The topological polar surface area (TPSA) is 0 Å². The van der Waals surface area contributed by atoms with Crippen LogP contribution in [-0.2, 0) is 0 Å². The van der Waals surface area contributed by atoms with Crippen molar-refractivity contribution < 1.29 is 0 Å². The zero-order valence-corrected chi connectivity index (χ0v) is 29.9. The molecule has 0 aliphatic heterocycles. The van der Waals surface area contributed by atoms with Gasteiger partial charge in [-0.3, -0.25) is 0 Å². The molecule has 0 aromatic rings. The van der Waals surface area contributed by atoms with Crippen molar-refractivity contribution in [1.82, 2.24) is 0 Å². The van der Waals surface area contributed by atoms with E-state index in [1.54, 1.807) is 0 Å². The van der Waals surface area contributed by atoms with Crippen LogP contribution in [0.3, 0.4) is 0 Å². The lowest BCUT2D eigenvalue weighted by atomic mass is 9.84. The van der Waals surface area contributed by atoms with E-state index in [1.165, 1.54) is 141 Å². The Kier molecular flexibility index (Phi) is 49.1. The van der Waals surface area contributed by atoms with E-state index >= 15 is 0 Å². The van der Waals surface area contributed by atoms with Gasteiger partial charge in [0.1, 0.15) is 0 Å². The number of rotatable bonds is 4. The van der Waals surface area contributed by atoms with Gasteiger partial charge in [0.15, 0.2) is 0 Å². The lowest BCUT2D eigenvalue weighted by Crippen LogP contribution is -2.08. The van der Waals surface area contributed by atoms with Crippen LogP contribution in [0.4, 0.5) is 0 Å². The molecule has 0 N–H and O–H groups in total. The van der Waals surface area contributed by atoms with Crippen molar-refractivity contribution in [2.24, 2.45) is 23.7 Å². The fraction of sp³-hybridized carbons (Fsp3) is 1.00. The molecule has 0 radical (unpaired) electrons. The predicted molar refractivity (Wildman–Crippen MR) is 184 cm³/mol. The van der Waals surface area contributed by atoms with E-state index in [0.29, 0.717) is 0 Å². The molecule has 4 aliphatic rings. The Balaban J connectivity index is -0.000000187. The van der Waals surface area contributed by atoms with Gasteiger partial charge in [0.2, 0.25) is 0 Å². The minimum Gasteiger partial charge on any atom is -0.0683 e. The largest absolute Gasteiger partial charge is 0.0683 e. The van der Waals surface area contributed by atoms with Crippen LogP contribution in [0.2, 0.25) is 0 Å². The van der Waals surface area contributed by atoms with Gasteiger partial charge in [-0.25, -0.2) is 0 Å².